The zero-order valence-corrected chi connectivity index (χ0v) is 23.4. The summed E-state index contributed by atoms with van der Waals surface area (Å²) >= 11 is 0. The van der Waals surface area contributed by atoms with Gasteiger partial charge in [-0.05, 0) is 91.3 Å². The smallest absolute Gasteiger partial charge is 0.244 e. The summed E-state index contributed by atoms with van der Waals surface area (Å²) in [5.41, 5.74) is 7.08. The van der Waals surface area contributed by atoms with Crippen molar-refractivity contribution in [3.05, 3.63) is 57.6 Å². The second-order valence-corrected chi connectivity index (χ2v) is 13.0. The van der Waals surface area contributed by atoms with Crippen molar-refractivity contribution in [3.8, 4) is 0 Å². The number of aryl methyl sites for hydroxylation is 6. The van der Waals surface area contributed by atoms with Crippen molar-refractivity contribution in [2.45, 2.75) is 81.6 Å². The molecule has 0 unspecified atom stereocenters. The number of rotatable bonds is 2. The van der Waals surface area contributed by atoms with E-state index in [1.807, 2.05) is 9.80 Å². The van der Waals surface area contributed by atoms with Crippen LogP contribution in [0.2, 0.25) is 0 Å². The van der Waals surface area contributed by atoms with Crippen LogP contribution in [0.1, 0.15) is 68.0 Å². The molecule has 0 aliphatic carbocycles. The van der Waals surface area contributed by atoms with Crippen LogP contribution >= 0.6 is 8.20 Å². The summed E-state index contributed by atoms with van der Waals surface area (Å²) in [5, 5.41) is 0.369. The number of anilines is 2. The average molecular weight is 477 g/mol. The Hall–Kier alpha value is -2.45. The van der Waals surface area contributed by atoms with Crippen molar-refractivity contribution >= 4 is 36.7 Å². The molecule has 180 valence electrons. The number of hydrogen-bond donors (Lipinski definition) is 0. The summed E-state index contributed by atoms with van der Waals surface area (Å²) in [6.07, 6.45) is 0. The van der Waals surface area contributed by atoms with E-state index in [0.29, 0.717) is 0 Å². The van der Waals surface area contributed by atoms with Gasteiger partial charge in [-0.2, -0.15) is 0 Å². The van der Waals surface area contributed by atoms with Crippen LogP contribution in [0.5, 0.6) is 0 Å². The maximum atomic E-state index is 14.2. The van der Waals surface area contributed by atoms with Gasteiger partial charge in [-0.25, -0.2) is 0 Å². The van der Waals surface area contributed by atoms with Crippen LogP contribution in [0, 0.1) is 52.4 Å². The van der Waals surface area contributed by atoms with E-state index in [9.17, 15) is 9.59 Å². The van der Waals surface area contributed by atoms with Crippen molar-refractivity contribution < 1.29 is 9.59 Å². The fourth-order valence-corrected chi connectivity index (χ4v) is 7.42. The van der Waals surface area contributed by atoms with Gasteiger partial charge in [0.1, 0.15) is 5.41 Å². The van der Waals surface area contributed by atoms with E-state index >= 15 is 0 Å². The van der Waals surface area contributed by atoms with Gasteiger partial charge < -0.3 is 0 Å². The third-order valence-electron chi connectivity index (χ3n) is 7.06. The molecular formula is C29H37N2O2P. The van der Waals surface area contributed by atoms with Crippen molar-refractivity contribution in [2.24, 2.45) is 10.8 Å². The Morgan fingerprint density at radius 3 is 1.26 bits per heavy atom. The van der Waals surface area contributed by atoms with E-state index in [-0.39, 0.29) is 17.2 Å². The highest BCUT2D eigenvalue weighted by Crippen LogP contribution is 2.62. The molecule has 2 aromatic carbocycles. The van der Waals surface area contributed by atoms with Gasteiger partial charge in [-0.3, -0.25) is 19.4 Å². The van der Waals surface area contributed by atoms with Crippen LogP contribution < -0.4 is 9.80 Å². The fourth-order valence-electron chi connectivity index (χ4n) is 5.71. The van der Waals surface area contributed by atoms with E-state index in [2.05, 4.69) is 86.6 Å². The molecule has 2 aliphatic heterocycles. The number of hydrogen-bond acceptors (Lipinski definition) is 2. The first-order valence-electron chi connectivity index (χ1n) is 12.0. The van der Waals surface area contributed by atoms with Crippen LogP contribution in [-0.4, -0.2) is 22.5 Å². The summed E-state index contributed by atoms with van der Waals surface area (Å²) in [4.78, 5) is 32.4. The third-order valence-corrected chi connectivity index (χ3v) is 8.98. The van der Waals surface area contributed by atoms with E-state index in [4.69, 9.17) is 0 Å². The topological polar surface area (TPSA) is 40.6 Å². The second-order valence-electron chi connectivity index (χ2n) is 11.7. The molecule has 0 atom stereocenters. The first-order valence-corrected chi connectivity index (χ1v) is 12.9. The lowest BCUT2D eigenvalue weighted by Crippen LogP contribution is -2.71. The minimum absolute atomic E-state index is 0.127. The van der Waals surface area contributed by atoms with E-state index < -0.39 is 10.8 Å². The molecule has 2 aromatic rings. The Morgan fingerprint density at radius 1 is 0.676 bits per heavy atom. The first kappa shape index (κ1) is 24.7. The summed E-state index contributed by atoms with van der Waals surface area (Å²) in [5.74, 6) is -0.254. The Balaban J connectivity index is 2.09. The first-order chi connectivity index (χ1) is 15.5. The fraction of sp³-hybridized carbons (Fsp3) is 0.483. The van der Waals surface area contributed by atoms with Crippen LogP contribution in [0.4, 0.5) is 11.4 Å². The summed E-state index contributed by atoms with van der Waals surface area (Å²) in [7, 11) is 1.01. The largest absolute Gasteiger partial charge is 0.275 e. The molecule has 1 spiro atoms. The van der Waals surface area contributed by atoms with Gasteiger partial charge in [-0.1, -0.05) is 56.2 Å². The van der Waals surface area contributed by atoms with Gasteiger partial charge in [0.15, 0.2) is 5.40 Å². The zero-order chi connectivity index (χ0) is 25.5. The maximum Gasteiger partial charge on any atom is 0.244 e. The number of amides is 2. The minimum atomic E-state index is -1.18. The Bertz CT molecular complexity index is 1150. The zero-order valence-electron chi connectivity index (χ0n) is 22.5. The van der Waals surface area contributed by atoms with Crippen molar-refractivity contribution in [1.29, 1.82) is 0 Å². The molecule has 0 bridgehead atoms. The molecule has 2 aliphatic rings. The average Bonchev–Trinajstić information content (AvgIpc) is 3.41. The highest BCUT2D eigenvalue weighted by Gasteiger charge is 2.69. The van der Waals surface area contributed by atoms with E-state index in [1.54, 1.807) is 13.8 Å². The molecule has 0 N–H and O–H groups in total. The molecule has 0 saturated carbocycles. The van der Waals surface area contributed by atoms with E-state index in [1.165, 1.54) is 16.4 Å². The quantitative estimate of drug-likeness (QED) is 0.354. The molecule has 0 radical (unpaired) electrons. The standard InChI is InChI=1S/C29H37N2O2P/c1-16-12-18(3)22(19(4)13-16)30-25(32)28(10,11)26(33)31(29(30)24(34-29)27(7,8)9)23-20(5)14-17(2)15-21(23)6/h12-15H,1-11H3. The molecule has 34 heavy (non-hydrogen) atoms. The minimum Gasteiger partial charge on any atom is -0.275 e. The van der Waals surface area contributed by atoms with Gasteiger partial charge in [-0.15, -0.1) is 0 Å². The Labute approximate surface area is 206 Å². The van der Waals surface area contributed by atoms with Crippen molar-refractivity contribution in [3.63, 3.8) is 0 Å². The number of benzene rings is 2. The van der Waals surface area contributed by atoms with Crippen LogP contribution in [-0.2, 0) is 9.59 Å². The molecule has 4 rings (SSSR count). The molecule has 5 heteroatoms. The summed E-state index contributed by atoms with van der Waals surface area (Å²) in [6.45, 7) is 22.5. The monoisotopic (exact) mass is 476 g/mol. The van der Waals surface area contributed by atoms with Crippen molar-refractivity contribution in [2.75, 3.05) is 9.80 Å². The summed E-state index contributed by atoms with van der Waals surface area (Å²) in [6, 6.07) is 8.54. The van der Waals surface area contributed by atoms with Crippen LogP contribution in [0.25, 0.3) is 0 Å². The van der Waals surface area contributed by atoms with E-state index in [0.717, 1.165) is 41.8 Å². The molecule has 1 saturated heterocycles. The van der Waals surface area contributed by atoms with Gasteiger partial charge in [0, 0.05) is 5.29 Å². The number of nitrogens with zero attached hydrogens (tertiary/aromatic N) is 2. The highest BCUT2D eigenvalue weighted by molar-refractivity contribution is 7.57. The normalized spacial score (nSPS) is 19.6. The molecular weight excluding hydrogens is 439 g/mol. The molecule has 1 fully saturated rings. The van der Waals surface area contributed by atoms with Gasteiger partial charge in [0.05, 0.1) is 11.4 Å². The Morgan fingerprint density at radius 2 is 1.00 bits per heavy atom. The maximum absolute atomic E-state index is 14.2. The lowest BCUT2D eigenvalue weighted by Gasteiger charge is -2.52. The van der Waals surface area contributed by atoms with Gasteiger partial charge in [0.25, 0.3) is 0 Å². The molecule has 2 heterocycles. The van der Waals surface area contributed by atoms with Gasteiger partial charge in [0.2, 0.25) is 11.8 Å². The van der Waals surface area contributed by atoms with Crippen molar-refractivity contribution in [1.82, 2.24) is 0 Å². The number of carbonyl (C=O) groups excluding carboxylic acids is 2. The predicted octanol–water partition coefficient (Wildman–Crippen LogP) is 6.78. The number of carbonyl (C=O) groups is 2. The lowest BCUT2D eigenvalue weighted by atomic mass is 9.81. The summed E-state index contributed by atoms with van der Waals surface area (Å²) < 4.78 is 0. The Kier molecular flexibility index (Phi) is 5.46. The SMILES string of the molecule is Cc1cc(C)c(N2C(=O)C(C)(C)C(=O)N(c3c(C)cc(C)cc3C)C23P=C3C(C)(C)C)c(C)c1. The third kappa shape index (κ3) is 3.37. The predicted molar refractivity (Wildman–Crippen MR) is 144 cm³/mol. The molecule has 2 amide bonds. The lowest BCUT2D eigenvalue weighted by molar-refractivity contribution is -0.141. The second kappa shape index (κ2) is 7.52. The van der Waals surface area contributed by atoms with Crippen LogP contribution in [0.15, 0.2) is 24.3 Å². The highest BCUT2D eigenvalue weighted by atomic mass is 31.1. The molecule has 0 aromatic heterocycles. The van der Waals surface area contributed by atoms with Crippen LogP contribution in [0.3, 0.4) is 0 Å². The molecule has 4 nitrogen and oxygen atoms in total. The van der Waals surface area contributed by atoms with Gasteiger partial charge >= 0.3 is 0 Å².